The van der Waals surface area contributed by atoms with Gasteiger partial charge in [-0.15, -0.1) is 0 Å². The van der Waals surface area contributed by atoms with Crippen LogP contribution in [0, 0.1) is 30.1 Å². The number of carbonyl (C=O) groups is 1. The molecule has 4 fully saturated rings. The van der Waals surface area contributed by atoms with Crippen molar-refractivity contribution < 1.29 is 4.79 Å². The lowest BCUT2D eigenvalue weighted by atomic mass is 9.48. The molecule has 4 aliphatic rings. The Kier molecular flexibility index (Phi) is 3.67. The van der Waals surface area contributed by atoms with Gasteiger partial charge in [-0.05, 0) is 75.5 Å². The van der Waals surface area contributed by atoms with Crippen molar-refractivity contribution in [3.63, 3.8) is 0 Å². The molecule has 1 amide bonds. The first-order valence-corrected chi connectivity index (χ1v) is 9.77. The molecule has 0 spiro atoms. The summed E-state index contributed by atoms with van der Waals surface area (Å²) in [6.07, 6.45) is 8.13. The van der Waals surface area contributed by atoms with Crippen molar-refractivity contribution in [3.8, 4) is 0 Å². The van der Waals surface area contributed by atoms with E-state index in [4.69, 9.17) is 0 Å². The smallest absolute Gasteiger partial charge is 0.307 e. The number of thiazole rings is 1. The van der Waals surface area contributed by atoms with E-state index in [1.807, 2.05) is 12.3 Å². The van der Waals surface area contributed by atoms with Crippen molar-refractivity contribution in [2.75, 3.05) is 0 Å². The molecule has 0 radical (unpaired) electrons. The van der Waals surface area contributed by atoms with Gasteiger partial charge in [-0.3, -0.25) is 14.2 Å². The Morgan fingerprint density at radius 2 is 1.87 bits per heavy atom. The van der Waals surface area contributed by atoms with E-state index in [-0.39, 0.29) is 23.4 Å². The highest BCUT2D eigenvalue weighted by Gasteiger charge is 2.53. The molecule has 0 aromatic carbocycles. The second-order valence-corrected chi connectivity index (χ2v) is 9.12. The van der Waals surface area contributed by atoms with Crippen LogP contribution in [0.1, 0.15) is 51.1 Å². The van der Waals surface area contributed by atoms with Crippen LogP contribution in [0.5, 0.6) is 0 Å². The third kappa shape index (κ3) is 2.67. The minimum absolute atomic E-state index is 0.0168. The first kappa shape index (κ1) is 15.4. The number of aromatic nitrogens is 1. The van der Waals surface area contributed by atoms with Gasteiger partial charge in [-0.1, -0.05) is 11.3 Å². The van der Waals surface area contributed by atoms with Crippen LogP contribution in [0.15, 0.2) is 10.2 Å². The third-order valence-electron chi connectivity index (χ3n) is 6.66. The first-order chi connectivity index (χ1) is 10.9. The van der Waals surface area contributed by atoms with Crippen molar-refractivity contribution in [1.82, 2.24) is 9.88 Å². The molecule has 4 saturated carbocycles. The molecule has 1 aromatic heterocycles. The van der Waals surface area contributed by atoms with Gasteiger partial charge in [0.15, 0.2) is 0 Å². The summed E-state index contributed by atoms with van der Waals surface area (Å²) in [5.41, 5.74) is 1.19. The number of carbonyl (C=O) groups excluding carboxylic acids is 1. The SMILES string of the molecule is Cc1csc(=O)n1CC(=O)N[C@H](C)C12CC3CC(CC(C3)C1)C2. The summed E-state index contributed by atoms with van der Waals surface area (Å²) >= 11 is 1.17. The van der Waals surface area contributed by atoms with E-state index in [2.05, 4.69) is 12.2 Å². The van der Waals surface area contributed by atoms with E-state index in [0.717, 1.165) is 23.4 Å². The average Bonchev–Trinajstić information content (AvgIpc) is 2.77. The standard InChI is InChI=1S/C18H26N2O2S/c1-11-10-23-17(22)20(11)9-16(21)19-12(2)18-6-13-3-14(7-18)5-15(4-13)8-18/h10,12-15H,3-9H2,1-2H3,(H,19,21)/t12-,13?,14?,15?,18?/m1/s1. The Morgan fingerprint density at radius 1 is 1.30 bits per heavy atom. The molecule has 1 heterocycles. The highest BCUT2D eigenvalue weighted by atomic mass is 32.1. The number of hydrogen-bond donors (Lipinski definition) is 1. The highest BCUT2D eigenvalue weighted by molar-refractivity contribution is 7.07. The largest absolute Gasteiger partial charge is 0.352 e. The fourth-order valence-corrected chi connectivity index (χ4v) is 6.62. The Labute approximate surface area is 141 Å². The van der Waals surface area contributed by atoms with Crippen molar-refractivity contribution in [2.24, 2.45) is 23.2 Å². The van der Waals surface area contributed by atoms with Crippen molar-refractivity contribution in [3.05, 3.63) is 20.7 Å². The Balaban J connectivity index is 1.44. The maximum atomic E-state index is 12.5. The molecule has 1 aromatic rings. The number of nitrogens with zero attached hydrogens (tertiary/aromatic N) is 1. The number of aryl methyl sites for hydroxylation is 1. The van der Waals surface area contributed by atoms with Gasteiger partial charge < -0.3 is 5.32 Å². The molecule has 4 nitrogen and oxygen atoms in total. The quantitative estimate of drug-likeness (QED) is 0.920. The summed E-state index contributed by atoms with van der Waals surface area (Å²) in [6, 6.07) is 0.220. The molecule has 23 heavy (non-hydrogen) atoms. The molecule has 1 N–H and O–H groups in total. The van der Waals surface area contributed by atoms with Crippen LogP contribution in [-0.4, -0.2) is 16.5 Å². The van der Waals surface area contributed by atoms with Gasteiger partial charge in [0.25, 0.3) is 0 Å². The Morgan fingerprint density at radius 3 is 2.35 bits per heavy atom. The molecule has 4 aliphatic carbocycles. The molecular weight excluding hydrogens is 308 g/mol. The number of rotatable bonds is 4. The Hall–Kier alpha value is -1.10. The van der Waals surface area contributed by atoms with Crippen LogP contribution in [0.3, 0.4) is 0 Å². The van der Waals surface area contributed by atoms with Crippen LogP contribution < -0.4 is 10.2 Å². The van der Waals surface area contributed by atoms with Gasteiger partial charge in [0, 0.05) is 17.1 Å². The summed E-state index contributed by atoms with van der Waals surface area (Å²) in [6.45, 7) is 4.23. The molecule has 0 unspecified atom stereocenters. The predicted molar refractivity (Wildman–Crippen MR) is 91.5 cm³/mol. The van der Waals surface area contributed by atoms with E-state index in [9.17, 15) is 9.59 Å². The molecule has 4 bridgehead atoms. The molecule has 0 aliphatic heterocycles. The summed E-state index contributed by atoms with van der Waals surface area (Å²) < 4.78 is 1.58. The van der Waals surface area contributed by atoms with Crippen LogP contribution in [-0.2, 0) is 11.3 Å². The molecule has 0 saturated heterocycles. The summed E-state index contributed by atoms with van der Waals surface area (Å²) in [4.78, 5) is 24.2. The number of hydrogen-bond acceptors (Lipinski definition) is 3. The lowest BCUT2D eigenvalue weighted by Crippen LogP contribution is -2.56. The van der Waals surface area contributed by atoms with Gasteiger partial charge >= 0.3 is 4.87 Å². The number of nitrogens with one attached hydrogen (secondary N) is 1. The maximum Gasteiger partial charge on any atom is 0.307 e. The van der Waals surface area contributed by atoms with Gasteiger partial charge in [-0.2, -0.15) is 0 Å². The summed E-state index contributed by atoms with van der Waals surface area (Å²) in [5, 5.41) is 5.05. The predicted octanol–water partition coefficient (Wildman–Crippen LogP) is 2.94. The monoisotopic (exact) mass is 334 g/mol. The van der Waals surface area contributed by atoms with Gasteiger partial charge in [0.05, 0.1) is 0 Å². The van der Waals surface area contributed by atoms with E-state index >= 15 is 0 Å². The molecule has 1 atom stereocenters. The fourth-order valence-electron chi connectivity index (χ4n) is 5.89. The van der Waals surface area contributed by atoms with E-state index in [1.54, 1.807) is 4.57 Å². The minimum atomic E-state index is -0.0416. The molecule has 126 valence electrons. The second-order valence-electron chi connectivity index (χ2n) is 8.30. The van der Waals surface area contributed by atoms with Gasteiger partial charge in [0.1, 0.15) is 6.54 Å². The van der Waals surface area contributed by atoms with E-state index in [1.165, 1.54) is 49.9 Å². The van der Waals surface area contributed by atoms with Crippen LogP contribution in [0.4, 0.5) is 0 Å². The third-order valence-corrected chi connectivity index (χ3v) is 7.54. The topological polar surface area (TPSA) is 51.1 Å². The molecule has 5 rings (SSSR count). The van der Waals surface area contributed by atoms with Crippen LogP contribution in [0.2, 0.25) is 0 Å². The maximum absolute atomic E-state index is 12.5. The zero-order chi connectivity index (χ0) is 16.2. The lowest BCUT2D eigenvalue weighted by molar-refractivity contribution is -0.126. The lowest BCUT2D eigenvalue weighted by Gasteiger charge is -2.59. The Bertz CT molecular complexity index is 640. The molecule has 5 heteroatoms. The first-order valence-electron chi connectivity index (χ1n) is 8.89. The van der Waals surface area contributed by atoms with Crippen molar-refractivity contribution in [2.45, 2.75) is 65.0 Å². The van der Waals surface area contributed by atoms with E-state index in [0.29, 0.717) is 5.41 Å². The second kappa shape index (κ2) is 5.47. The summed E-state index contributed by atoms with van der Waals surface area (Å²) in [7, 11) is 0. The van der Waals surface area contributed by atoms with E-state index < -0.39 is 0 Å². The summed E-state index contributed by atoms with van der Waals surface area (Å²) in [5.74, 6) is 2.66. The zero-order valence-electron chi connectivity index (χ0n) is 14.0. The van der Waals surface area contributed by atoms with Crippen molar-refractivity contribution >= 4 is 17.2 Å². The minimum Gasteiger partial charge on any atom is -0.352 e. The van der Waals surface area contributed by atoms with Crippen molar-refractivity contribution in [1.29, 1.82) is 0 Å². The highest BCUT2D eigenvalue weighted by Crippen LogP contribution is 2.61. The normalized spacial score (nSPS) is 36.2. The van der Waals surface area contributed by atoms with Gasteiger partial charge in [0.2, 0.25) is 5.91 Å². The fraction of sp³-hybridized carbons (Fsp3) is 0.778. The zero-order valence-corrected chi connectivity index (χ0v) is 14.8. The van der Waals surface area contributed by atoms with Crippen LogP contribution in [0.25, 0.3) is 0 Å². The van der Waals surface area contributed by atoms with Crippen LogP contribution >= 0.6 is 11.3 Å². The molecular formula is C18H26N2O2S. The average molecular weight is 334 g/mol. The number of amides is 1. The van der Waals surface area contributed by atoms with Gasteiger partial charge in [-0.25, -0.2) is 0 Å².